The third-order valence-electron chi connectivity index (χ3n) is 5.85. The van der Waals surface area contributed by atoms with E-state index in [1.165, 1.54) is 12.3 Å². The van der Waals surface area contributed by atoms with Crippen molar-refractivity contribution in [3.05, 3.63) is 18.0 Å². The molecule has 0 aliphatic carbocycles. The minimum atomic E-state index is -3.78. The molecule has 2 saturated heterocycles. The van der Waals surface area contributed by atoms with Crippen LogP contribution in [0.5, 0.6) is 0 Å². The van der Waals surface area contributed by atoms with Crippen LogP contribution in [-0.4, -0.2) is 80.2 Å². The van der Waals surface area contributed by atoms with E-state index in [-0.39, 0.29) is 40.8 Å². The lowest BCUT2D eigenvalue weighted by Gasteiger charge is -2.21. The van der Waals surface area contributed by atoms with Crippen LogP contribution < -0.4 is 10.0 Å². The number of nitrogens with zero attached hydrogens (tertiary/aromatic N) is 2. The van der Waals surface area contributed by atoms with Gasteiger partial charge < -0.3 is 20.1 Å². The van der Waals surface area contributed by atoms with Gasteiger partial charge in [-0.25, -0.2) is 13.1 Å². The number of carbonyl (C=O) groups is 3. The largest absolute Gasteiger partial charge is 0.356 e. The van der Waals surface area contributed by atoms with Crippen LogP contribution >= 0.6 is 0 Å². The topological polar surface area (TPSA) is 132 Å². The van der Waals surface area contributed by atoms with Crippen LogP contribution in [0, 0.1) is 11.8 Å². The van der Waals surface area contributed by atoms with Gasteiger partial charge in [-0.15, -0.1) is 0 Å². The van der Waals surface area contributed by atoms with E-state index in [0.29, 0.717) is 32.5 Å². The fourth-order valence-electron chi connectivity index (χ4n) is 4.03. The average Bonchev–Trinajstić information content (AvgIpc) is 3.48. The van der Waals surface area contributed by atoms with E-state index in [1.807, 2.05) is 18.7 Å². The molecule has 10 nitrogen and oxygen atoms in total. The standard InChI is InChI=1S/C21H33N5O5S/c1-15(13-25-7-3-5-19(25)27)10-23-21(29)18-9-17(12-22-18)32(30,31)24-11-16(2)14-26-8-4-6-20(26)28/h9,12,15-16,22,24H,3-8,10-11,13-14H2,1-2H3,(H,23,29). The summed E-state index contributed by atoms with van der Waals surface area (Å²) in [4.78, 5) is 42.1. The Bertz CT molecular complexity index is 944. The van der Waals surface area contributed by atoms with Crippen molar-refractivity contribution in [1.29, 1.82) is 0 Å². The number of hydrogen-bond acceptors (Lipinski definition) is 5. The first kappa shape index (κ1) is 24.2. The molecule has 0 aromatic carbocycles. The summed E-state index contributed by atoms with van der Waals surface area (Å²) in [5, 5.41) is 2.79. The number of rotatable bonds is 11. The molecule has 178 valence electrons. The van der Waals surface area contributed by atoms with E-state index >= 15 is 0 Å². The van der Waals surface area contributed by atoms with Crippen LogP contribution in [0.3, 0.4) is 0 Å². The summed E-state index contributed by atoms with van der Waals surface area (Å²) < 4.78 is 27.7. The molecule has 0 bridgehead atoms. The highest BCUT2D eigenvalue weighted by Gasteiger charge is 2.24. The molecule has 3 N–H and O–H groups in total. The van der Waals surface area contributed by atoms with Crippen molar-refractivity contribution in [2.75, 3.05) is 39.3 Å². The van der Waals surface area contributed by atoms with Gasteiger partial charge >= 0.3 is 0 Å². The molecule has 0 spiro atoms. The SMILES string of the molecule is CC(CNC(=O)c1cc(S(=O)(=O)NCC(C)CN2CCCC2=O)c[nH]1)CN1CCCC1=O. The number of carbonyl (C=O) groups excluding carboxylic acids is 3. The first-order valence-corrected chi connectivity index (χ1v) is 12.7. The molecular formula is C21H33N5O5S. The van der Waals surface area contributed by atoms with Crippen LogP contribution in [0.15, 0.2) is 17.2 Å². The zero-order chi connectivity index (χ0) is 23.3. The van der Waals surface area contributed by atoms with Crippen LogP contribution in [0.2, 0.25) is 0 Å². The zero-order valence-corrected chi connectivity index (χ0v) is 19.5. The highest BCUT2D eigenvalue weighted by Crippen LogP contribution is 2.15. The van der Waals surface area contributed by atoms with E-state index < -0.39 is 15.9 Å². The smallest absolute Gasteiger partial charge is 0.267 e. The van der Waals surface area contributed by atoms with Gasteiger partial charge in [0.2, 0.25) is 21.8 Å². The summed E-state index contributed by atoms with van der Waals surface area (Å²) >= 11 is 0. The Morgan fingerprint density at radius 1 is 1.03 bits per heavy atom. The molecular weight excluding hydrogens is 434 g/mol. The number of amides is 3. The van der Waals surface area contributed by atoms with E-state index in [9.17, 15) is 22.8 Å². The number of aromatic nitrogens is 1. The monoisotopic (exact) mass is 467 g/mol. The molecule has 2 aliphatic heterocycles. The number of likely N-dealkylation sites (tertiary alicyclic amines) is 2. The first-order valence-electron chi connectivity index (χ1n) is 11.2. The maximum absolute atomic E-state index is 12.6. The normalized spacial score (nSPS) is 18.9. The molecule has 1 aromatic rings. The quantitative estimate of drug-likeness (QED) is 0.437. The number of H-pyrrole nitrogens is 1. The first-order chi connectivity index (χ1) is 15.2. The number of hydrogen-bond donors (Lipinski definition) is 3. The van der Waals surface area contributed by atoms with Crippen LogP contribution in [0.1, 0.15) is 50.0 Å². The van der Waals surface area contributed by atoms with Crippen LogP contribution in [0.25, 0.3) is 0 Å². The van der Waals surface area contributed by atoms with E-state index in [4.69, 9.17) is 0 Å². The predicted octanol–water partition coefficient (Wildman–Crippen LogP) is 0.540. The number of sulfonamides is 1. The second-order valence-electron chi connectivity index (χ2n) is 8.91. The molecule has 0 radical (unpaired) electrons. The van der Waals surface area contributed by atoms with Crippen molar-refractivity contribution in [3.8, 4) is 0 Å². The molecule has 3 rings (SSSR count). The molecule has 32 heavy (non-hydrogen) atoms. The lowest BCUT2D eigenvalue weighted by atomic mass is 10.1. The van der Waals surface area contributed by atoms with Gasteiger partial charge in [0.1, 0.15) is 10.6 Å². The molecule has 3 heterocycles. The third kappa shape index (κ3) is 6.32. The summed E-state index contributed by atoms with van der Waals surface area (Å²) in [6.07, 6.45) is 4.16. The Morgan fingerprint density at radius 2 is 1.59 bits per heavy atom. The Balaban J connectivity index is 1.46. The molecule has 1 aromatic heterocycles. The lowest BCUT2D eigenvalue weighted by molar-refractivity contribution is -0.128. The summed E-state index contributed by atoms with van der Waals surface area (Å²) in [6.45, 7) is 7.02. The Morgan fingerprint density at radius 3 is 2.12 bits per heavy atom. The van der Waals surface area contributed by atoms with Crippen molar-refractivity contribution >= 4 is 27.7 Å². The number of nitrogens with one attached hydrogen (secondary N) is 3. The molecule has 11 heteroatoms. The molecule has 2 aliphatic rings. The average molecular weight is 468 g/mol. The second-order valence-corrected chi connectivity index (χ2v) is 10.7. The van der Waals surface area contributed by atoms with Crippen LogP contribution in [0.4, 0.5) is 0 Å². The minimum Gasteiger partial charge on any atom is -0.356 e. The fourth-order valence-corrected chi connectivity index (χ4v) is 5.19. The molecule has 2 atom stereocenters. The van der Waals surface area contributed by atoms with Gasteiger partial charge in [-0.1, -0.05) is 13.8 Å². The maximum atomic E-state index is 12.6. The van der Waals surface area contributed by atoms with Crippen LogP contribution in [-0.2, 0) is 19.6 Å². The van der Waals surface area contributed by atoms with Crippen molar-refractivity contribution in [1.82, 2.24) is 24.8 Å². The fraction of sp³-hybridized carbons (Fsp3) is 0.667. The van der Waals surface area contributed by atoms with Crippen molar-refractivity contribution in [2.24, 2.45) is 11.8 Å². The van der Waals surface area contributed by atoms with Gasteiger partial charge in [0.05, 0.1) is 0 Å². The van der Waals surface area contributed by atoms with Crippen molar-refractivity contribution in [2.45, 2.75) is 44.4 Å². The molecule has 2 unspecified atom stereocenters. The van der Waals surface area contributed by atoms with E-state index in [0.717, 1.165) is 25.9 Å². The Labute approximate surface area is 189 Å². The Hall–Kier alpha value is -2.40. The van der Waals surface area contributed by atoms with Gasteiger partial charge in [-0.3, -0.25) is 14.4 Å². The minimum absolute atomic E-state index is 0.0113. The van der Waals surface area contributed by atoms with Gasteiger partial charge in [-0.2, -0.15) is 0 Å². The van der Waals surface area contributed by atoms with Gasteiger partial charge in [0, 0.05) is 58.3 Å². The summed E-state index contributed by atoms with van der Waals surface area (Å²) in [5.74, 6) is -0.0760. The van der Waals surface area contributed by atoms with Gasteiger partial charge in [0.25, 0.3) is 5.91 Å². The maximum Gasteiger partial charge on any atom is 0.267 e. The highest BCUT2D eigenvalue weighted by molar-refractivity contribution is 7.89. The molecule has 0 saturated carbocycles. The zero-order valence-electron chi connectivity index (χ0n) is 18.7. The highest BCUT2D eigenvalue weighted by atomic mass is 32.2. The van der Waals surface area contributed by atoms with E-state index in [1.54, 1.807) is 4.90 Å². The van der Waals surface area contributed by atoms with E-state index in [2.05, 4.69) is 15.0 Å². The second kappa shape index (κ2) is 10.5. The summed E-state index contributed by atoms with van der Waals surface area (Å²) in [6, 6.07) is 1.31. The van der Waals surface area contributed by atoms with Gasteiger partial charge in [-0.05, 0) is 30.7 Å². The van der Waals surface area contributed by atoms with Crippen molar-refractivity contribution < 1.29 is 22.8 Å². The Kier molecular flexibility index (Phi) is 7.94. The van der Waals surface area contributed by atoms with Crippen molar-refractivity contribution in [3.63, 3.8) is 0 Å². The lowest BCUT2D eigenvalue weighted by Crippen LogP contribution is -2.36. The van der Waals surface area contributed by atoms with Gasteiger partial charge in [0.15, 0.2) is 0 Å². The number of aromatic amines is 1. The summed E-state index contributed by atoms with van der Waals surface area (Å²) in [5.41, 5.74) is 0.158. The molecule has 2 fully saturated rings. The summed E-state index contributed by atoms with van der Waals surface area (Å²) in [7, 11) is -3.78. The predicted molar refractivity (Wildman–Crippen MR) is 118 cm³/mol. The third-order valence-corrected chi connectivity index (χ3v) is 7.25. The molecule has 3 amide bonds.